The molecule has 0 amide bonds. The number of rotatable bonds is 2. The molecule has 26 heavy (non-hydrogen) atoms. The van der Waals surface area contributed by atoms with Gasteiger partial charge in [-0.1, -0.05) is 36.4 Å². The lowest BCUT2D eigenvalue weighted by Gasteiger charge is -2.12. The number of benzene rings is 2. The van der Waals surface area contributed by atoms with Gasteiger partial charge in [-0.15, -0.1) is 0 Å². The molecular weight excluding hydrogens is 324 g/mol. The van der Waals surface area contributed by atoms with Crippen LogP contribution in [0.5, 0.6) is 0 Å². The monoisotopic (exact) mass is 340 g/mol. The van der Waals surface area contributed by atoms with E-state index < -0.39 is 10.9 Å². The zero-order valence-electron chi connectivity index (χ0n) is 14.4. The molecule has 126 valence electrons. The SMILES string of the molecule is Cc1[nH]c2ccccc2c1-c1c(-c2c(C)[nH]c3ccccc23)c(=O)c1=O. The van der Waals surface area contributed by atoms with Crippen LogP contribution in [0, 0.1) is 13.8 Å². The average molecular weight is 340 g/mol. The van der Waals surface area contributed by atoms with Gasteiger partial charge in [-0.2, -0.15) is 0 Å². The molecule has 0 spiro atoms. The lowest BCUT2D eigenvalue weighted by molar-refractivity contribution is 1.27. The Morgan fingerprint density at radius 2 is 0.962 bits per heavy atom. The number of aromatic nitrogens is 2. The fourth-order valence-corrected chi connectivity index (χ4v) is 4.07. The van der Waals surface area contributed by atoms with Crippen molar-refractivity contribution >= 4 is 21.8 Å². The van der Waals surface area contributed by atoms with Crippen molar-refractivity contribution in [3.05, 3.63) is 80.4 Å². The van der Waals surface area contributed by atoms with Crippen LogP contribution in [0.2, 0.25) is 0 Å². The van der Waals surface area contributed by atoms with E-state index in [1.54, 1.807) is 0 Å². The lowest BCUT2D eigenvalue weighted by Crippen LogP contribution is -2.35. The first-order valence-electron chi connectivity index (χ1n) is 8.56. The Bertz CT molecular complexity index is 1280. The molecule has 0 saturated heterocycles. The van der Waals surface area contributed by atoms with Crippen LogP contribution in [-0.2, 0) is 0 Å². The summed E-state index contributed by atoms with van der Waals surface area (Å²) in [4.78, 5) is 31.8. The van der Waals surface area contributed by atoms with Gasteiger partial charge in [0.05, 0.1) is 0 Å². The van der Waals surface area contributed by atoms with Crippen LogP contribution in [0.15, 0.2) is 58.1 Å². The van der Waals surface area contributed by atoms with E-state index in [4.69, 9.17) is 0 Å². The maximum Gasteiger partial charge on any atom is 0.235 e. The van der Waals surface area contributed by atoms with Crippen LogP contribution in [0.25, 0.3) is 44.1 Å². The summed E-state index contributed by atoms with van der Waals surface area (Å²) < 4.78 is 0. The number of H-pyrrole nitrogens is 2. The van der Waals surface area contributed by atoms with Crippen LogP contribution < -0.4 is 10.9 Å². The van der Waals surface area contributed by atoms with Crippen LogP contribution in [0.4, 0.5) is 0 Å². The fourth-order valence-electron chi connectivity index (χ4n) is 4.07. The smallest absolute Gasteiger partial charge is 0.235 e. The molecule has 0 saturated carbocycles. The molecule has 0 unspecified atom stereocenters. The quantitative estimate of drug-likeness (QED) is 0.473. The Labute approximate surface area is 148 Å². The molecule has 0 aliphatic carbocycles. The van der Waals surface area contributed by atoms with Crippen molar-refractivity contribution in [1.82, 2.24) is 9.97 Å². The molecule has 2 heterocycles. The fraction of sp³-hybridized carbons (Fsp3) is 0.0909. The molecule has 0 bridgehead atoms. The Morgan fingerprint density at radius 3 is 1.38 bits per heavy atom. The summed E-state index contributed by atoms with van der Waals surface area (Å²) in [6.07, 6.45) is 0. The highest BCUT2D eigenvalue weighted by atomic mass is 16.2. The van der Waals surface area contributed by atoms with Crippen LogP contribution >= 0.6 is 0 Å². The summed E-state index contributed by atoms with van der Waals surface area (Å²) >= 11 is 0. The standard InChI is InChI=1S/C22H16N2O2/c1-11-17(13-7-3-5-9-15(13)23-11)19-20(22(26)21(19)25)18-12(2)24-16-10-6-4-8-14(16)18/h3-10,23-24H,1-2H3. The minimum atomic E-state index is -0.405. The highest BCUT2D eigenvalue weighted by Crippen LogP contribution is 2.39. The molecule has 0 fully saturated rings. The van der Waals surface area contributed by atoms with Crippen molar-refractivity contribution in [2.45, 2.75) is 13.8 Å². The molecule has 0 atom stereocenters. The molecule has 3 aromatic carbocycles. The van der Waals surface area contributed by atoms with E-state index in [-0.39, 0.29) is 0 Å². The van der Waals surface area contributed by atoms with Crippen molar-refractivity contribution in [3.8, 4) is 22.3 Å². The van der Waals surface area contributed by atoms with Crippen molar-refractivity contribution in [2.24, 2.45) is 0 Å². The van der Waals surface area contributed by atoms with Gasteiger partial charge in [0.15, 0.2) is 0 Å². The number of aryl methyl sites for hydroxylation is 2. The van der Waals surface area contributed by atoms with Crippen molar-refractivity contribution in [3.63, 3.8) is 0 Å². The lowest BCUT2D eigenvalue weighted by atomic mass is 9.87. The van der Waals surface area contributed by atoms with E-state index in [1.165, 1.54) is 0 Å². The Hall–Kier alpha value is -3.40. The molecule has 4 heteroatoms. The van der Waals surface area contributed by atoms with E-state index in [0.717, 1.165) is 44.3 Å². The van der Waals surface area contributed by atoms with Crippen molar-refractivity contribution in [2.75, 3.05) is 0 Å². The maximum absolute atomic E-state index is 12.6. The summed E-state index contributed by atoms with van der Waals surface area (Å²) in [5.41, 5.74) is 5.65. The van der Waals surface area contributed by atoms with Gasteiger partial charge in [-0.3, -0.25) is 9.59 Å². The molecule has 0 aliphatic rings. The summed E-state index contributed by atoms with van der Waals surface area (Å²) in [6, 6.07) is 15.7. The molecule has 2 aromatic heterocycles. The average Bonchev–Trinajstić information content (AvgIpc) is 3.14. The third-order valence-electron chi connectivity index (χ3n) is 5.20. The number of nitrogens with one attached hydrogen (secondary N) is 2. The first-order chi connectivity index (χ1) is 12.6. The van der Waals surface area contributed by atoms with Gasteiger partial charge >= 0.3 is 0 Å². The normalized spacial score (nSPS) is 11.8. The topological polar surface area (TPSA) is 65.7 Å². The molecule has 2 N–H and O–H groups in total. The van der Waals surface area contributed by atoms with E-state index in [0.29, 0.717) is 11.1 Å². The predicted molar refractivity (Wildman–Crippen MR) is 105 cm³/mol. The van der Waals surface area contributed by atoms with E-state index in [9.17, 15) is 9.59 Å². The van der Waals surface area contributed by atoms with Gasteiger partial charge in [-0.05, 0) is 26.0 Å². The van der Waals surface area contributed by atoms with Gasteiger partial charge in [0.2, 0.25) is 10.9 Å². The molecular formula is C22H16N2O2. The molecule has 0 radical (unpaired) electrons. The second kappa shape index (κ2) is 5.05. The molecule has 0 aliphatic heterocycles. The largest absolute Gasteiger partial charge is 0.358 e. The van der Waals surface area contributed by atoms with Crippen LogP contribution in [-0.4, -0.2) is 9.97 Å². The summed E-state index contributed by atoms with van der Waals surface area (Å²) in [5, 5.41) is 1.94. The minimum absolute atomic E-state index is 0.405. The molecule has 5 aromatic rings. The third-order valence-corrected chi connectivity index (χ3v) is 5.20. The van der Waals surface area contributed by atoms with Crippen molar-refractivity contribution in [1.29, 1.82) is 0 Å². The van der Waals surface area contributed by atoms with Crippen LogP contribution in [0.3, 0.4) is 0 Å². The second-order valence-corrected chi connectivity index (χ2v) is 6.75. The van der Waals surface area contributed by atoms with Crippen LogP contribution in [0.1, 0.15) is 11.4 Å². The zero-order valence-corrected chi connectivity index (χ0v) is 14.4. The van der Waals surface area contributed by atoms with Crippen molar-refractivity contribution < 1.29 is 0 Å². The maximum atomic E-state index is 12.6. The van der Waals surface area contributed by atoms with Gasteiger partial charge in [0.25, 0.3) is 0 Å². The molecule has 4 nitrogen and oxygen atoms in total. The van der Waals surface area contributed by atoms with Gasteiger partial charge < -0.3 is 9.97 Å². The number of hydrogen-bond acceptors (Lipinski definition) is 2. The van der Waals surface area contributed by atoms with Gasteiger partial charge in [-0.25, -0.2) is 0 Å². The number of fused-ring (bicyclic) bond motifs is 2. The first kappa shape index (κ1) is 14.9. The summed E-state index contributed by atoms with van der Waals surface area (Å²) in [6.45, 7) is 3.89. The second-order valence-electron chi connectivity index (χ2n) is 6.75. The first-order valence-corrected chi connectivity index (χ1v) is 8.56. The third kappa shape index (κ3) is 1.78. The van der Waals surface area contributed by atoms with Gasteiger partial charge in [0, 0.05) is 55.4 Å². The zero-order chi connectivity index (χ0) is 18.0. The van der Waals surface area contributed by atoms with Gasteiger partial charge in [0.1, 0.15) is 0 Å². The summed E-state index contributed by atoms with van der Waals surface area (Å²) in [7, 11) is 0. The Kier molecular flexibility index (Phi) is 2.89. The highest BCUT2D eigenvalue weighted by molar-refractivity contribution is 6.07. The summed E-state index contributed by atoms with van der Waals surface area (Å²) in [5.74, 6) is 0. The minimum Gasteiger partial charge on any atom is -0.358 e. The number of aromatic amines is 2. The molecule has 5 rings (SSSR count). The predicted octanol–water partition coefficient (Wildman–Crippen LogP) is 4.20. The van der Waals surface area contributed by atoms with E-state index in [1.807, 2.05) is 62.4 Å². The Balaban J connectivity index is 1.89. The number of para-hydroxylation sites is 2. The van der Waals surface area contributed by atoms with E-state index >= 15 is 0 Å². The van der Waals surface area contributed by atoms with E-state index in [2.05, 4.69) is 9.97 Å². The number of hydrogen-bond donors (Lipinski definition) is 2. The Morgan fingerprint density at radius 1 is 0.577 bits per heavy atom. The highest BCUT2D eigenvalue weighted by Gasteiger charge is 2.29.